The summed E-state index contributed by atoms with van der Waals surface area (Å²) in [7, 11) is 1.56. The van der Waals surface area contributed by atoms with Gasteiger partial charge in [-0.25, -0.2) is 9.97 Å². The second kappa shape index (κ2) is 4.97. The third-order valence-electron chi connectivity index (χ3n) is 3.03. The Balaban J connectivity index is 2.04. The fourth-order valence-corrected chi connectivity index (χ4v) is 2.15. The Morgan fingerprint density at radius 1 is 1.00 bits per heavy atom. The topological polar surface area (TPSA) is 66.6 Å². The number of methoxy groups -OCH3 is 1. The van der Waals surface area contributed by atoms with Crippen LogP contribution in [0.3, 0.4) is 0 Å². The second-order valence-electron chi connectivity index (χ2n) is 4.19. The molecule has 0 amide bonds. The van der Waals surface area contributed by atoms with Crippen LogP contribution in [0.15, 0.2) is 49.1 Å². The normalized spacial score (nSPS) is 10.8. The van der Waals surface area contributed by atoms with Crippen molar-refractivity contribution in [3.05, 3.63) is 66.0 Å². The van der Waals surface area contributed by atoms with E-state index in [1.54, 1.807) is 19.5 Å². The molecule has 0 aliphatic heterocycles. The van der Waals surface area contributed by atoms with Crippen LogP contribution in [0, 0.1) is 0 Å². The molecule has 0 spiro atoms. The van der Waals surface area contributed by atoms with E-state index in [1.165, 1.54) is 0 Å². The molecule has 0 aromatic carbocycles. The van der Waals surface area contributed by atoms with E-state index in [0.29, 0.717) is 6.01 Å². The third kappa shape index (κ3) is 2.22. The Kier molecular flexibility index (Phi) is 3.02. The molecule has 0 radical (unpaired) electrons. The average molecular weight is 254 g/mol. The Morgan fingerprint density at radius 2 is 1.58 bits per heavy atom. The van der Waals surface area contributed by atoms with Crippen LogP contribution in [-0.4, -0.2) is 27.0 Å². The number of hydrogen-bond donors (Lipinski definition) is 2. The van der Waals surface area contributed by atoms with Gasteiger partial charge in [0.15, 0.2) is 0 Å². The maximum Gasteiger partial charge on any atom is 0.316 e. The molecule has 0 bridgehead atoms. The largest absolute Gasteiger partial charge is 0.467 e. The molecule has 5 nitrogen and oxygen atoms in total. The predicted octanol–water partition coefficient (Wildman–Crippen LogP) is 2.32. The molecule has 0 saturated heterocycles. The zero-order chi connectivity index (χ0) is 13.1. The highest BCUT2D eigenvalue weighted by molar-refractivity contribution is 5.35. The molecule has 3 aromatic heterocycles. The second-order valence-corrected chi connectivity index (χ2v) is 4.19. The van der Waals surface area contributed by atoms with E-state index in [2.05, 4.69) is 32.1 Å². The van der Waals surface area contributed by atoms with Gasteiger partial charge in [-0.05, 0) is 24.3 Å². The first kappa shape index (κ1) is 11.5. The Hall–Kier alpha value is -2.56. The molecule has 0 aliphatic rings. The van der Waals surface area contributed by atoms with E-state index < -0.39 is 0 Å². The van der Waals surface area contributed by atoms with Gasteiger partial charge in [-0.2, -0.15) is 0 Å². The number of aromatic amines is 2. The van der Waals surface area contributed by atoms with Crippen LogP contribution in [0.2, 0.25) is 0 Å². The fourth-order valence-electron chi connectivity index (χ4n) is 2.15. The van der Waals surface area contributed by atoms with Crippen LogP contribution in [0.25, 0.3) is 0 Å². The quantitative estimate of drug-likeness (QED) is 0.751. The SMILES string of the molecule is COc1ncc(C(c2ccc[nH]2)c2ccc[nH]2)cn1. The maximum absolute atomic E-state index is 4.99. The Labute approximate surface area is 110 Å². The van der Waals surface area contributed by atoms with Gasteiger partial charge in [0.05, 0.1) is 13.0 Å². The minimum atomic E-state index is 0.0657. The molecule has 0 aliphatic carbocycles. The van der Waals surface area contributed by atoms with E-state index in [4.69, 9.17) is 4.74 Å². The molecule has 96 valence electrons. The van der Waals surface area contributed by atoms with Crippen molar-refractivity contribution in [2.24, 2.45) is 0 Å². The van der Waals surface area contributed by atoms with Crippen molar-refractivity contribution in [3.63, 3.8) is 0 Å². The fraction of sp³-hybridized carbons (Fsp3) is 0.143. The van der Waals surface area contributed by atoms with Crippen molar-refractivity contribution >= 4 is 0 Å². The maximum atomic E-state index is 4.99. The number of hydrogen-bond acceptors (Lipinski definition) is 3. The van der Waals surface area contributed by atoms with Gasteiger partial charge in [0.2, 0.25) is 0 Å². The summed E-state index contributed by atoms with van der Waals surface area (Å²) in [4.78, 5) is 14.8. The van der Waals surface area contributed by atoms with Crippen LogP contribution >= 0.6 is 0 Å². The number of aromatic nitrogens is 4. The number of ether oxygens (including phenoxy) is 1. The van der Waals surface area contributed by atoms with Gasteiger partial charge in [-0.15, -0.1) is 0 Å². The standard InChI is InChI=1S/C14H14N4O/c1-19-14-17-8-10(9-18-14)13(11-4-2-6-15-11)12-5-3-7-16-12/h2-9,13,15-16H,1H3. The first-order valence-corrected chi connectivity index (χ1v) is 6.01. The highest BCUT2D eigenvalue weighted by Gasteiger charge is 2.19. The van der Waals surface area contributed by atoms with Gasteiger partial charge in [0.1, 0.15) is 0 Å². The lowest BCUT2D eigenvalue weighted by molar-refractivity contribution is 0.379. The van der Waals surface area contributed by atoms with Crippen molar-refractivity contribution in [2.45, 2.75) is 5.92 Å². The monoisotopic (exact) mass is 254 g/mol. The summed E-state index contributed by atoms with van der Waals surface area (Å²) < 4.78 is 4.99. The molecule has 0 saturated carbocycles. The van der Waals surface area contributed by atoms with E-state index in [0.717, 1.165) is 17.0 Å². The molecule has 0 fully saturated rings. The van der Waals surface area contributed by atoms with Crippen molar-refractivity contribution in [2.75, 3.05) is 7.11 Å². The molecule has 3 rings (SSSR count). The van der Waals surface area contributed by atoms with Gasteiger partial charge in [0.25, 0.3) is 0 Å². The first-order chi connectivity index (χ1) is 9.38. The van der Waals surface area contributed by atoms with Gasteiger partial charge in [-0.1, -0.05) is 0 Å². The average Bonchev–Trinajstić information content (AvgIpc) is 3.13. The van der Waals surface area contributed by atoms with Crippen molar-refractivity contribution in [3.8, 4) is 6.01 Å². The molecule has 0 unspecified atom stereocenters. The summed E-state index contributed by atoms with van der Waals surface area (Å²) in [6.07, 6.45) is 7.40. The van der Waals surface area contributed by atoms with E-state index in [-0.39, 0.29) is 5.92 Å². The van der Waals surface area contributed by atoms with E-state index in [1.807, 2.05) is 24.5 Å². The van der Waals surface area contributed by atoms with Crippen LogP contribution in [0.4, 0.5) is 0 Å². The molecular weight excluding hydrogens is 240 g/mol. The minimum Gasteiger partial charge on any atom is -0.467 e. The molecule has 19 heavy (non-hydrogen) atoms. The number of rotatable bonds is 4. The summed E-state index contributed by atoms with van der Waals surface area (Å²) in [6, 6.07) is 8.44. The molecule has 5 heteroatoms. The van der Waals surface area contributed by atoms with Crippen LogP contribution in [-0.2, 0) is 0 Å². The van der Waals surface area contributed by atoms with Crippen LogP contribution in [0.5, 0.6) is 6.01 Å². The zero-order valence-electron chi connectivity index (χ0n) is 10.5. The van der Waals surface area contributed by atoms with Gasteiger partial charge < -0.3 is 14.7 Å². The first-order valence-electron chi connectivity index (χ1n) is 6.01. The molecule has 0 atom stereocenters. The molecule has 2 N–H and O–H groups in total. The summed E-state index contributed by atoms with van der Waals surface area (Å²) in [5.74, 6) is 0.0657. The smallest absolute Gasteiger partial charge is 0.316 e. The lowest BCUT2D eigenvalue weighted by Gasteiger charge is -2.14. The summed E-state index contributed by atoms with van der Waals surface area (Å²) in [5, 5.41) is 0. The van der Waals surface area contributed by atoms with Crippen molar-refractivity contribution in [1.82, 2.24) is 19.9 Å². The van der Waals surface area contributed by atoms with Crippen molar-refractivity contribution in [1.29, 1.82) is 0 Å². The summed E-state index contributed by atoms with van der Waals surface area (Å²) >= 11 is 0. The highest BCUT2D eigenvalue weighted by atomic mass is 16.5. The van der Waals surface area contributed by atoms with Gasteiger partial charge in [-0.3, -0.25) is 0 Å². The molecular formula is C14H14N4O. The summed E-state index contributed by atoms with van der Waals surface area (Å²) in [6.45, 7) is 0. The van der Waals surface area contributed by atoms with E-state index >= 15 is 0 Å². The zero-order valence-corrected chi connectivity index (χ0v) is 10.5. The predicted molar refractivity (Wildman–Crippen MR) is 71.1 cm³/mol. The Bertz CT molecular complexity index is 580. The van der Waals surface area contributed by atoms with Crippen LogP contribution in [0.1, 0.15) is 22.9 Å². The number of nitrogens with one attached hydrogen (secondary N) is 2. The lowest BCUT2D eigenvalue weighted by Crippen LogP contribution is -2.06. The number of H-pyrrole nitrogens is 2. The van der Waals surface area contributed by atoms with E-state index in [9.17, 15) is 0 Å². The molecule has 3 aromatic rings. The van der Waals surface area contributed by atoms with Crippen LogP contribution < -0.4 is 4.74 Å². The third-order valence-corrected chi connectivity index (χ3v) is 3.03. The van der Waals surface area contributed by atoms with Gasteiger partial charge in [0, 0.05) is 41.7 Å². The lowest BCUT2D eigenvalue weighted by atomic mass is 9.95. The number of nitrogens with zero attached hydrogens (tertiary/aromatic N) is 2. The minimum absolute atomic E-state index is 0.0657. The molecule has 3 heterocycles. The van der Waals surface area contributed by atoms with Gasteiger partial charge >= 0.3 is 6.01 Å². The summed E-state index contributed by atoms with van der Waals surface area (Å²) in [5.41, 5.74) is 3.19. The highest BCUT2D eigenvalue weighted by Crippen LogP contribution is 2.29. The van der Waals surface area contributed by atoms with Crippen molar-refractivity contribution < 1.29 is 4.74 Å². The Morgan fingerprint density at radius 3 is 2.00 bits per heavy atom.